The summed E-state index contributed by atoms with van der Waals surface area (Å²) >= 11 is 7.79. The monoisotopic (exact) mass is 405 g/mol. The van der Waals surface area contributed by atoms with E-state index < -0.39 is 0 Å². The summed E-state index contributed by atoms with van der Waals surface area (Å²) in [5.74, 6) is 0.195. The molecule has 144 valence electrons. The van der Waals surface area contributed by atoms with Crippen LogP contribution in [0.15, 0.2) is 29.6 Å². The highest BCUT2D eigenvalue weighted by Gasteiger charge is 2.28. The Labute approximate surface area is 168 Å². The summed E-state index contributed by atoms with van der Waals surface area (Å²) in [6, 6.07) is 7.17. The van der Waals surface area contributed by atoms with Crippen LogP contribution in [0.25, 0.3) is 0 Å². The molecular weight excluding hydrogens is 382 g/mol. The second-order valence-corrected chi connectivity index (χ2v) is 8.42. The lowest BCUT2D eigenvalue weighted by Crippen LogP contribution is -2.39. The maximum atomic E-state index is 12.8. The molecule has 27 heavy (non-hydrogen) atoms. The second kappa shape index (κ2) is 8.85. The Morgan fingerprint density at radius 3 is 2.89 bits per heavy atom. The number of nitrogens with zero attached hydrogens (tertiary/aromatic N) is 2. The Hall–Kier alpha value is -1.92. The van der Waals surface area contributed by atoms with Crippen LogP contribution in [0.2, 0.25) is 5.02 Å². The standard InChI is InChI=1S/C20H24ClN3O2S/c1-13(2)18(25)22-10-15-12-27-19(23-15)14-6-5-9-24(11-14)20(26)16-7-3-4-8-17(16)21/h3-4,7-8,12-14H,5-6,9-11H2,1-2H3,(H,22,25). The molecule has 2 amide bonds. The van der Waals surface area contributed by atoms with Crippen molar-refractivity contribution in [2.75, 3.05) is 13.1 Å². The first-order valence-corrected chi connectivity index (χ1v) is 10.5. The maximum absolute atomic E-state index is 12.8. The molecule has 1 aromatic heterocycles. The Kier molecular flexibility index (Phi) is 6.50. The fourth-order valence-electron chi connectivity index (χ4n) is 3.14. The lowest BCUT2D eigenvalue weighted by Gasteiger charge is -2.32. The zero-order valence-electron chi connectivity index (χ0n) is 15.6. The Balaban J connectivity index is 1.64. The molecule has 1 aliphatic rings. The average molecular weight is 406 g/mol. The van der Waals surface area contributed by atoms with Crippen molar-refractivity contribution in [3.05, 3.63) is 50.9 Å². The molecule has 3 rings (SSSR count). The van der Waals surface area contributed by atoms with Crippen molar-refractivity contribution >= 4 is 34.8 Å². The molecule has 5 nitrogen and oxygen atoms in total. The molecule has 0 bridgehead atoms. The molecule has 1 atom stereocenters. The van der Waals surface area contributed by atoms with Crippen LogP contribution in [0.1, 0.15) is 53.7 Å². The van der Waals surface area contributed by atoms with E-state index in [0.717, 1.165) is 30.1 Å². The van der Waals surface area contributed by atoms with E-state index in [2.05, 4.69) is 10.3 Å². The summed E-state index contributed by atoms with van der Waals surface area (Å²) in [4.78, 5) is 31.1. The Morgan fingerprint density at radius 1 is 1.37 bits per heavy atom. The third-order valence-corrected chi connectivity index (χ3v) is 6.09. The Morgan fingerprint density at radius 2 is 2.15 bits per heavy atom. The van der Waals surface area contributed by atoms with Gasteiger partial charge in [0.2, 0.25) is 5.91 Å². The molecule has 1 aromatic carbocycles. The zero-order chi connectivity index (χ0) is 19.4. The molecule has 7 heteroatoms. The summed E-state index contributed by atoms with van der Waals surface area (Å²) in [6.45, 7) is 5.57. The number of rotatable bonds is 5. The topological polar surface area (TPSA) is 62.3 Å². The van der Waals surface area contributed by atoms with Gasteiger partial charge in [0.05, 0.1) is 27.8 Å². The average Bonchev–Trinajstić information content (AvgIpc) is 3.15. The number of piperidine rings is 1. The minimum Gasteiger partial charge on any atom is -0.350 e. The summed E-state index contributed by atoms with van der Waals surface area (Å²) in [6.07, 6.45) is 1.96. The molecule has 0 radical (unpaired) electrons. The largest absolute Gasteiger partial charge is 0.350 e. The molecule has 1 fully saturated rings. The van der Waals surface area contributed by atoms with Gasteiger partial charge in [-0.15, -0.1) is 11.3 Å². The lowest BCUT2D eigenvalue weighted by atomic mass is 9.98. The number of aromatic nitrogens is 1. The zero-order valence-corrected chi connectivity index (χ0v) is 17.1. The van der Waals surface area contributed by atoms with Crippen molar-refractivity contribution in [1.29, 1.82) is 0 Å². The van der Waals surface area contributed by atoms with Crippen molar-refractivity contribution in [2.45, 2.75) is 39.2 Å². The number of benzene rings is 1. The van der Waals surface area contributed by atoms with Crippen LogP contribution < -0.4 is 5.32 Å². The van der Waals surface area contributed by atoms with E-state index in [9.17, 15) is 9.59 Å². The van der Waals surface area contributed by atoms with Gasteiger partial charge in [-0.05, 0) is 25.0 Å². The maximum Gasteiger partial charge on any atom is 0.255 e. The highest BCUT2D eigenvalue weighted by molar-refractivity contribution is 7.09. The van der Waals surface area contributed by atoms with E-state index in [0.29, 0.717) is 23.7 Å². The summed E-state index contributed by atoms with van der Waals surface area (Å²) in [5, 5.41) is 6.40. The number of amides is 2. The SMILES string of the molecule is CC(C)C(=O)NCc1csc(C2CCCN(C(=O)c3ccccc3Cl)C2)n1. The highest BCUT2D eigenvalue weighted by atomic mass is 35.5. The van der Waals surface area contributed by atoms with Crippen molar-refractivity contribution in [1.82, 2.24) is 15.2 Å². The fraction of sp³-hybridized carbons (Fsp3) is 0.450. The number of halogens is 1. The minimum absolute atomic E-state index is 0.0220. The molecule has 1 saturated heterocycles. The third-order valence-electron chi connectivity index (χ3n) is 4.70. The highest BCUT2D eigenvalue weighted by Crippen LogP contribution is 2.30. The van der Waals surface area contributed by atoms with Crippen LogP contribution in [0.5, 0.6) is 0 Å². The summed E-state index contributed by atoms with van der Waals surface area (Å²) < 4.78 is 0. The fourth-order valence-corrected chi connectivity index (χ4v) is 4.31. The number of carbonyl (C=O) groups is 2. The normalized spacial score (nSPS) is 17.2. The van der Waals surface area contributed by atoms with Gasteiger partial charge < -0.3 is 10.2 Å². The number of nitrogens with one attached hydrogen (secondary N) is 1. The van der Waals surface area contributed by atoms with Gasteiger partial charge >= 0.3 is 0 Å². The first kappa shape index (κ1) is 19.8. The molecule has 1 unspecified atom stereocenters. The van der Waals surface area contributed by atoms with Gasteiger partial charge in [0.15, 0.2) is 0 Å². The van der Waals surface area contributed by atoms with E-state index in [1.165, 1.54) is 0 Å². The van der Waals surface area contributed by atoms with Crippen LogP contribution in [-0.4, -0.2) is 34.8 Å². The van der Waals surface area contributed by atoms with Crippen LogP contribution in [0, 0.1) is 5.92 Å². The second-order valence-electron chi connectivity index (χ2n) is 7.12. The minimum atomic E-state index is -0.0363. The molecular formula is C20H24ClN3O2S. The van der Waals surface area contributed by atoms with Gasteiger partial charge in [-0.25, -0.2) is 4.98 Å². The third kappa shape index (κ3) is 4.87. The van der Waals surface area contributed by atoms with Crippen LogP contribution in [-0.2, 0) is 11.3 Å². The summed E-state index contributed by atoms with van der Waals surface area (Å²) in [5.41, 5.74) is 1.43. The quantitative estimate of drug-likeness (QED) is 0.814. The Bertz CT molecular complexity index is 821. The summed E-state index contributed by atoms with van der Waals surface area (Å²) in [7, 11) is 0. The van der Waals surface area contributed by atoms with Gasteiger partial charge in [-0.3, -0.25) is 9.59 Å². The van der Waals surface area contributed by atoms with E-state index in [4.69, 9.17) is 11.6 Å². The number of hydrogen-bond acceptors (Lipinski definition) is 4. The van der Waals surface area contributed by atoms with Gasteiger partial charge in [-0.2, -0.15) is 0 Å². The van der Waals surface area contributed by atoms with Gasteiger partial charge in [-0.1, -0.05) is 37.6 Å². The first-order valence-electron chi connectivity index (χ1n) is 9.21. The van der Waals surface area contributed by atoms with Crippen LogP contribution in [0.3, 0.4) is 0 Å². The van der Waals surface area contributed by atoms with Gasteiger partial charge in [0, 0.05) is 30.3 Å². The van der Waals surface area contributed by atoms with E-state index in [-0.39, 0.29) is 23.7 Å². The lowest BCUT2D eigenvalue weighted by molar-refractivity contribution is -0.124. The molecule has 2 aromatic rings. The predicted molar refractivity (Wildman–Crippen MR) is 108 cm³/mol. The number of hydrogen-bond donors (Lipinski definition) is 1. The molecule has 2 heterocycles. The first-order chi connectivity index (χ1) is 13.0. The smallest absolute Gasteiger partial charge is 0.255 e. The molecule has 0 spiro atoms. The molecule has 1 aliphatic heterocycles. The van der Waals surface area contributed by atoms with Crippen LogP contribution >= 0.6 is 22.9 Å². The molecule has 0 saturated carbocycles. The van der Waals surface area contributed by atoms with E-state index in [1.807, 2.05) is 36.3 Å². The molecule has 0 aliphatic carbocycles. The van der Waals surface area contributed by atoms with Crippen molar-refractivity contribution in [3.8, 4) is 0 Å². The van der Waals surface area contributed by atoms with Crippen molar-refractivity contribution < 1.29 is 9.59 Å². The van der Waals surface area contributed by atoms with Gasteiger partial charge in [0.25, 0.3) is 5.91 Å². The van der Waals surface area contributed by atoms with E-state index in [1.54, 1.807) is 23.5 Å². The van der Waals surface area contributed by atoms with Crippen molar-refractivity contribution in [2.24, 2.45) is 5.92 Å². The van der Waals surface area contributed by atoms with E-state index >= 15 is 0 Å². The van der Waals surface area contributed by atoms with Gasteiger partial charge in [0.1, 0.15) is 0 Å². The number of thiazole rings is 1. The number of carbonyl (C=O) groups excluding carboxylic acids is 2. The molecule has 1 N–H and O–H groups in total. The predicted octanol–water partition coefficient (Wildman–Crippen LogP) is 4.09. The van der Waals surface area contributed by atoms with Crippen molar-refractivity contribution in [3.63, 3.8) is 0 Å². The number of likely N-dealkylation sites (tertiary alicyclic amines) is 1. The van der Waals surface area contributed by atoms with Crippen LogP contribution in [0.4, 0.5) is 0 Å².